The molecular formula is C53H31Br2F23N4O4. The van der Waals surface area contributed by atoms with E-state index in [-0.39, 0.29) is 35.7 Å². The van der Waals surface area contributed by atoms with Gasteiger partial charge in [-0.2, -0.15) is 79.0 Å². The maximum Gasteiger partial charge on any atom is 0.435 e. The average Bonchev–Trinajstić information content (AvgIpc) is 0.835. The van der Waals surface area contributed by atoms with Crippen LogP contribution in [0, 0.1) is 23.4 Å². The first-order valence-corrected chi connectivity index (χ1v) is 25.0. The second-order valence-electron chi connectivity index (χ2n) is 18.3. The maximum absolute atomic E-state index is 15.8. The van der Waals surface area contributed by atoms with E-state index in [4.69, 9.17) is 0 Å². The minimum absolute atomic E-state index is 0.0488. The average molecular weight is 1380 g/mol. The summed E-state index contributed by atoms with van der Waals surface area (Å²) in [6.45, 7) is -0.0488. The summed E-state index contributed by atoms with van der Waals surface area (Å²) >= 11 is 4.72. The molecule has 86 heavy (non-hydrogen) atoms. The zero-order valence-corrected chi connectivity index (χ0v) is 45.3. The Morgan fingerprint density at radius 1 is 0.477 bits per heavy atom. The van der Waals surface area contributed by atoms with Crippen LogP contribution in [0.25, 0.3) is 0 Å². The lowest BCUT2D eigenvalue weighted by Gasteiger charge is -2.31. The first-order chi connectivity index (χ1) is 39.4. The molecule has 6 aromatic carbocycles. The number of amides is 4. The molecule has 1 fully saturated rings. The first-order valence-electron chi connectivity index (χ1n) is 23.5. The van der Waals surface area contributed by atoms with Crippen molar-refractivity contribution in [3.8, 4) is 0 Å². The highest BCUT2D eigenvalue weighted by Crippen LogP contribution is 2.57. The van der Waals surface area contributed by atoms with Gasteiger partial charge in [0.1, 0.15) is 5.82 Å². The van der Waals surface area contributed by atoms with Crippen molar-refractivity contribution in [3.05, 3.63) is 186 Å². The number of rotatable bonds is 12. The summed E-state index contributed by atoms with van der Waals surface area (Å²) in [6, 6.07) is 15.5. The monoisotopic (exact) mass is 1380 g/mol. The molecule has 0 aromatic heterocycles. The first kappa shape index (κ1) is 67.7. The Hall–Kier alpha value is -7.45. The zero-order valence-electron chi connectivity index (χ0n) is 42.1. The van der Waals surface area contributed by atoms with Gasteiger partial charge in [-0.3, -0.25) is 19.2 Å². The summed E-state index contributed by atoms with van der Waals surface area (Å²) in [6.07, 6.45) is -37.0. The van der Waals surface area contributed by atoms with Gasteiger partial charge < -0.3 is 20.4 Å². The van der Waals surface area contributed by atoms with Crippen molar-refractivity contribution < 1.29 is 120 Å². The molecule has 7 rings (SSSR count). The normalized spacial score (nSPS) is 13.6. The molecule has 1 aliphatic rings. The summed E-state index contributed by atoms with van der Waals surface area (Å²) in [5.74, 6) is -8.35. The number of nitrogens with zero attached hydrogens (tertiary/aromatic N) is 2. The van der Waals surface area contributed by atoms with Crippen LogP contribution in [0.1, 0.15) is 76.5 Å². The van der Waals surface area contributed by atoms with E-state index in [9.17, 15) is 111 Å². The third-order valence-electron chi connectivity index (χ3n) is 12.5. The fourth-order valence-corrected chi connectivity index (χ4v) is 9.11. The second kappa shape index (κ2) is 24.4. The third kappa shape index (κ3) is 13.9. The van der Waals surface area contributed by atoms with Crippen molar-refractivity contribution in [3.63, 3.8) is 0 Å². The van der Waals surface area contributed by atoms with E-state index < -0.39 is 167 Å². The van der Waals surface area contributed by atoms with Gasteiger partial charge in [0, 0.05) is 44.8 Å². The molecule has 0 saturated heterocycles. The SMILES string of the molecule is CN(C(=O)c1ccccc1)c1cccc(C(=O)Nc2c(Br)cc(C(F)(C(F)(F)F)C(F)(F)F)cc2C(F)(F)F)c1F.O=C(Nc1c(Br)cc(C(F)(C(F)(F)F)C(F)(F)F)cc1C(F)(F)F)c1cccc(N(CC2CC2)C(=O)c2ccc(F)cc2)c1F. The molecule has 0 radical (unpaired) electrons. The topological polar surface area (TPSA) is 98.8 Å². The molecule has 8 nitrogen and oxygen atoms in total. The molecule has 2 N–H and O–H groups in total. The maximum atomic E-state index is 15.8. The summed E-state index contributed by atoms with van der Waals surface area (Å²) in [4.78, 5) is 53.4. The van der Waals surface area contributed by atoms with E-state index in [1.165, 1.54) is 24.3 Å². The van der Waals surface area contributed by atoms with E-state index >= 15 is 8.78 Å². The second-order valence-corrected chi connectivity index (χ2v) is 20.1. The molecule has 0 spiro atoms. The minimum Gasteiger partial charge on any atom is -0.320 e. The van der Waals surface area contributed by atoms with Gasteiger partial charge in [-0.15, -0.1) is 0 Å². The van der Waals surface area contributed by atoms with Gasteiger partial charge in [0.15, 0.2) is 11.6 Å². The smallest absolute Gasteiger partial charge is 0.320 e. The molecule has 0 heterocycles. The van der Waals surface area contributed by atoms with E-state index in [1.54, 1.807) is 16.7 Å². The van der Waals surface area contributed by atoms with Crippen molar-refractivity contribution in [2.75, 3.05) is 34.0 Å². The lowest BCUT2D eigenvalue weighted by atomic mass is 9.92. The van der Waals surface area contributed by atoms with Crippen molar-refractivity contribution in [2.24, 2.45) is 5.92 Å². The van der Waals surface area contributed by atoms with Crippen LogP contribution in [0.2, 0.25) is 0 Å². The fourth-order valence-electron chi connectivity index (χ4n) is 7.99. The summed E-state index contributed by atoms with van der Waals surface area (Å²) < 4.78 is 312. The number of carbonyl (C=O) groups is 4. The Bertz CT molecular complexity index is 3520. The number of alkyl halides is 20. The number of nitrogens with one attached hydrogen (secondary N) is 2. The molecule has 0 aliphatic heterocycles. The van der Waals surface area contributed by atoms with Crippen LogP contribution in [0.4, 0.5) is 124 Å². The number of hydrogen-bond donors (Lipinski definition) is 2. The van der Waals surface area contributed by atoms with Crippen LogP contribution in [-0.2, 0) is 23.7 Å². The predicted molar refractivity (Wildman–Crippen MR) is 267 cm³/mol. The molecule has 0 atom stereocenters. The summed E-state index contributed by atoms with van der Waals surface area (Å²) in [5.41, 5.74) is -27.7. The standard InChI is InChI=1S/C28H17BrF12N2O2.C25H14BrF11N2O2/c29-19-11-15(25(32,27(36,37)38)28(39,40)41)10-18(26(33,34)35)22(19)42-23(44)17-2-1-3-20(21(17)31)43(12-13-4-5-13)24(45)14-6-8-16(30)9-7-14;1-39(21(41)12-6-3-2-4-7-12)17-9-5-8-14(18(17)27)20(40)38-19-15(23(29,30)31)10-13(11-16(19)26)22(28,24(32,33)34)25(35,36)37/h1-3,6-11,13H,4-5,12H2,(H,42,44);2-11H,1H3,(H,38,40). The number of halogens is 25. The quantitative estimate of drug-likeness (QED) is 0.119. The largest absolute Gasteiger partial charge is 0.435 e. The highest BCUT2D eigenvalue weighted by atomic mass is 79.9. The lowest BCUT2D eigenvalue weighted by Crippen LogP contribution is -2.50. The van der Waals surface area contributed by atoms with E-state index in [0.717, 1.165) is 77.5 Å². The molecule has 6 aromatic rings. The fraction of sp³-hybridized carbons (Fsp3) is 0.245. The minimum atomic E-state index is -6.74. The van der Waals surface area contributed by atoms with E-state index in [2.05, 4.69) is 31.9 Å². The van der Waals surface area contributed by atoms with Crippen LogP contribution in [0.15, 0.2) is 124 Å². The van der Waals surface area contributed by atoms with Gasteiger partial charge in [0.25, 0.3) is 23.6 Å². The van der Waals surface area contributed by atoms with Gasteiger partial charge in [0.05, 0.1) is 45.0 Å². The van der Waals surface area contributed by atoms with Gasteiger partial charge in [-0.1, -0.05) is 30.3 Å². The van der Waals surface area contributed by atoms with Gasteiger partial charge in [-0.05, 0) is 136 Å². The molecule has 1 aliphatic carbocycles. The van der Waals surface area contributed by atoms with Crippen molar-refractivity contribution in [2.45, 2.75) is 61.2 Å². The van der Waals surface area contributed by atoms with Gasteiger partial charge in [0.2, 0.25) is 0 Å². The van der Waals surface area contributed by atoms with Crippen LogP contribution in [0.5, 0.6) is 0 Å². The van der Waals surface area contributed by atoms with E-state index in [1.807, 2.05) is 0 Å². The third-order valence-corrected chi connectivity index (χ3v) is 13.8. The Morgan fingerprint density at radius 2 is 0.849 bits per heavy atom. The van der Waals surface area contributed by atoms with E-state index in [0.29, 0.717) is 12.8 Å². The zero-order chi connectivity index (χ0) is 64.8. The molecule has 33 heteroatoms. The highest BCUT2D eigenvalue weighted by Gasteiger charge is 2.75. The summed E-state index contributed by atoms with van der Waals surface area (Å²) in [7, 11) is 1.14. The lowest BCUT2D eigenvalue weighted by molar-refractivity contribution is -0.349. The van der Waals surface area contributed by atoms with Crippen LogP contribution in [0.3, 0.4) is 0 Å². The van der Waals surface area contributed by atoms with Crippen molar-refractivity contribution in [1.82, 2.24) is 0 Å². The Morgan fingerprint density at radius 3 is 1.22 bits per heavy atom. The number of hydrogen-bond acceptors (Lipinski definition) is 4. The molecule has 1 saturated carbocycles. The van der Waals surface area contributed by atoms with Gasteiger partial charge in [-0.25, -0.2) is 22.0 Å². The van der Waals surface area contributed by atoms with Crippen LogP contribution in [-0.4, -0.2) is 61.9 Å². The molecule has 462 valence electrons. The summed E-state index contributed by atoms with van der Waals surface area (Å²) in [5, 5.41) is 3.20. The van der Waals surface area contributed by atoms with Crippen molar-refractivity contribution >= 4 is 78.2 Å². The van der Waals surface area contributed by atoms with Crippen molar-refractivity contribution in [1.29, 1.82) is 0 Å². The number of benzene rings is 6. The Balaban J connectivity index is 0.000000276. The molecule has 0 unspecified atom stereocenters. The Labute approximate surface area is 484 Å². The molecular weight excluding hydrogens is 1350 g/mol. The highest BCUT2D eigenvalue weighted by molar-refractivity contribution is 9.11. The van der Waals surface area contributed by atoms with Crippen LogP contribution < -0.4 is 20.4 Å². The Kier molecular flexibility index (Phi) is 19.2. The predicted octanol–water partition coefficient (Wildman–Crippen LogP) is 17.8. The molecule has 0 bridgehead atoms. The number of carbonyl (C=O) groups excluding carboxylic acids is 4. The van der Waals surface area contributed by atoms with Gasteiger partial charge >= 0.3 is 48.4 Å². The molecule has 4 amide bonds. The number of anilines is 4. The van der Waals surface area contributed by atoms with Crippen LogP contribution >= 0.6 is 31.9 Å².